The molecule has 2 atom stereocenters. The fraction of sp³-hybridized carbons (Fsp3) is 0.462. The SMILES string of the molecule is NC1=N[C@@]2(c3cc(Br)ccc3F)CCC[C@H]2CS1. The monoisotopic (exact) mass is 328 g/mol. The molecule has 1 fully saturated rings. The van der Waals surface area contributed by atoms with E-state index in [0.29, 0.717) is 16.6 Å². The van der Waals surface area contributed by atoms with Crippen LogP contribution in [-0.4, -0.2) is 10.9 Å². The molecule has 0 bridgehead atoms. The molecule has 2 nitrogen and oxygen atoms in total. The fourth-order valence-electron chi connectivity index (χ4n) is 3.09. The smallest absolute Gasteiger partial charge is 0.154 e. The molecule has 5 heteroatoms. The Morgan fingerprint density at radius 3 is 3.17 bits per heavy atom. The maximum Gasteiger partial charge on any atom is 0.154 e. The predicted molar refractivity (Wildman–Crippen MR) is 77.2 cm³/mol. The summed E-state index contributed by atoms with van der Waals surface area (Å²) in [4.78, 5) is 4.64. The molecule has 96 valence electrons. The summed E-state index contributed by atoms with van der Waals surface area (Å²) in [5, 5.41) is 0.590. The topological polar surface area (TPSA) is 38.4 Å². The van der Waals surface area contributed by atoms with E-state index in [1.807, 2.05) is 6.07 Å². The van der Waals surface area contributed by atoms with E-state index in [0.717, 1.165) is 29.5 Å². The minimum atomic E-state index is -0.427. The highest BCUT2D eigenvalue weighted by atomic mass is 79.9. The summed E-state index contributed by atoms with van der Waals surface area (Å²) < 4.78 is 15.1. The maximum atomic E-state index is 14.2. The van der Waals surface area contributed by atoms with Crippen LogP contribution in [0.3, 0.4) is 0 Å². The van der Waals surface area contributed by atoms with Gasteiger partial charge in [0.25, 0.3) is 0 Å². The molecule has 0 radical (unpaired) electrons. The lowest BCUT2D eigenvalue weighted by atomic mass is 9.81. The number of halogens is 2. The molecule has 0 unspecified atom stereocenters. The minimum Gasteiger partial charge on any atom is -0.379 e. The summed E-state index contributed by atoms with van der Waals surface area (Å²) in [6.07, 6.45) is 3.09. The summed E-state index contributed by atoms with van der Waals surface area (Å²) in [6, 6.07) is 5.10. The lowest BCUT2D eigenvalue weighted by Crippen LogP contribution is -2.37. The zero-order valence-corrected chi connectivity index (χ0v) is 12.2. The number of aliphatic imine (C=N–C) groups is 1. The Bertz CT molecular complexity index is 520. The molecule has 1 aromatic rings. The molecule has 0 aromatic heterocycles. The van der Waals surface area contributed by atoms with E-state index in [9.17, 15) is 4.39 Å². The third-order valence-corrected chi connectivity index (χ3v) is 5.37. The second-order valence-electron chi connectivity index (χ2n) is 4.90. The molecule has 18 heavy (non-hydrogen) atoms. The Morgan fingerprint density at radius 2 is 2.33 bits per heavy atom. The van der Waals surface area contributed by atoms with Gasteiger partial charge >= 0.3 is 0 Å². The first-order valence-corrected chi connectivity index (χ1v) is 7.83. The van der Waals surface area contributed by atoms with E-state index in [1.165, 1.54) is 6.07 Å². The molecule has 1 aliphatic carbocycles. The Labute approximate surface area is 118 Å². The number of hydrogen-bond acceptors (Lipinski definition) is 3. The molecule has 1 heterocycles. The number of benzene rings is 1. The van der Waals surface area contributed by atoms with E-state index >= 15 is 0 Å². The van der Waals surface area contributed by atoms with Crippen LogP contribution in [0.5, 0.6) is 0 Å². The van der Waals surface area contributed by atoms with Crippen molar-refractivity contribution in [1.82, 2.24) is 0 Å². The van der Waals surface area contributed by atoms with Gasteiger partial charge in [0.15, 0.2) is 5.17 Å². The van der Waals surface area contributed by atoms with Gasteiger partial charge in [-0.1, -0.05) is 34.1 Å². The van der Waals surface area contributed by atoms with E-state index < -0.39 is 5.54 Å². The Balaban J connectivity index is 2.17. The summed E-state index contributed by atoms with van der Waals surface area (Å²) >= 11 is 5.01. The zero-order chi connectivity index (χ0) is 12.8. The fourth-order valence-corrected chi connectivity index (χ4v) is 4.49. The summed E-state index contributed by atoms with van der Waals surface area (Å²) in [5.74, 6) is 1.17. The highest BCUT2D eigenvalue weighted by Gasteiger charge is 2.47. The second-order valence-corrected chi connectivity index (χ2v) is 6.85. The third-order valence-electron chi connectivity index (χ3n) is 3.92. The zero-order valence-electron chi connectivity index (χ0n) is 9.83. The minimum absolute atomic E-state index is 0.173. The van der Waals surface area contributed by atoms with Crippen LogP contribution < -0.4 is 5.73 Å². The summed E-state index contributed by atoms with van der Waals surface area (Å²) in [5.41, 5.74) is 6.15. The van der Waals surface area contributed by atoms with E-state index in [-0.39, 0.29) is 5.82 Å². The average molecular weight is 329 g/mol. The molecule has 0 saturated heterocycles. The van der Waals surface area contributed by atoms with Gasteiger partial charge in [0.2, 0.25) is 0 Å². The highest BCUT2D eigenvalue weighted by molar-refractivity contribution is 9.10. The molecule has 0 spiro atoms. The Hall–Kier alpha value is -0.550. The van der Waals surface area contributed by atoms with Crippen molar-refractivity contribution in [3.63, 3.8) is 0 Å². The molecule has 1 saturated carbocycles. The quantitative estimate of drug-likeness (QED) is 0.854. The molecule has 2 N–H and O–H groups in total. The van der Waals surface area contributed by atoms with Gasteiger partial charge in [-0.15, -0.1) is 0 Å². The van der Waals surface area contributed by atoms with Crippen LogP contribution in [0.15, 0.2) is 27.7 Å². The number of nitrogens with two attached hydrogens (primary N) is 1. The second kappa shape index (κ2) is 4.53. The lowest BCUT2D eigenvalue weighted by molar-refractivity contribution is 0.341. The highest BCUT2D eigenvalue weighted by Crippen LogP contribution is 2.51. The van der Waals surface area contributed by atoms with Gasteiger partial charge in [-0.3, -0.25) is 4.99 Å². The molecule has 3 rings (SSSR count). The van der Waals surface area contributed by atoms with Gasteiger partial charge in [-0.2, -0.15) is 0 Å². The van der Waals surface area contributed by atoms with Gasteiger partial charge in [-0.25, -0.2) is 4.39 Å². The van der Waals surface area contributed by atoms with Crippen molar-refractivity contribution in [2.45, 2.75) is 24.8 Å². The molecular weight excluding hydrogens is 315 g/mol. The number of rotatable bonds is 1. The standard InChI is InChI=1S/C13H14BrFN2S/c14-9-3-4-11(15)10(6-9)13-5-1-2-8(13)7-18-12(16)17-13/h3-4,6,8H,1-2,5,7H2,(H2,16,17)/t8-,13-/m0/s1. The number of thioether (sulfide) groups is 1. The van der Waals surface area contributed by atoms with Gasteiger partial charge in [0.1, 0.15) is 5.82 Å². The third kappa shape index (κ3) is 1.88. The van der Waals surface area contributed by atoms with Crippen molar-refractivity contribution in [1.29, 1.82) is 0 Å². The Kier molecular flexibility index (Phi) is 3.14. The number of fused-ring (bicyclic) bond motifs is 1. The normalized spacial score (nSPS) is 31.0. The van der Waals surface area contributed by atoms with Crippen LogP contribution >= 0.6 is 27.7 Å². The molecular formula is C13H14BrFN2S. The lowest BCUT2D eigenvalue weighted by Gasteiger charge is -2.36. The average Bonchev–Trinajstić information content (AvgIpc) is 2.76. The van der Waals surface area contributed by atoms with Crippen LogP contribution in [0.25, 0.3) is 0 Å². The van der Waals surface area contributed by atoms with Gasteiger partial charge in [-0.05, 0) is 37.0 Å². The van der Waals surface area contributed by atoms with Gasteiger partial charge in [0, 0.05) is 15.8 Å². The van der Waals surface area contributed by atoms with Crippen LogP contribution in [0, 0.1) is 11.7 Å². The van der Waals surface area contributed by atoms with Crippen molar-refractivity contribution in [3.05, 3.63) is 34.1 Å². The van der Waals surface area contributed by atoms with Crippen LogP contribution in [-0.2, 0) is 5.54 Å². The van der Waals surface area contributed by atoms with Crippen molar-refractivity contribution >= 4 is 32.9 Å². The van der Waals surface area contributed by atoms with Gasteiger partial charge < -0.3 is 5.73 Å². The van der Waals surface area contributed by atoms with Crippen molar-refractivity contribution in [3.8, 4) is 0 Å². The van der Waals surface area contributed by atoms with E-state index in [2.05, 4.69) is 20.9 Å². The Morgan fingerprint density at radius 1 is 1.50 bits per heavy atom. The first kappa shape index (κ1) is 12.5. The van der Waals surface area contributed by atoms with Crippen molar-refractivity contribution in [2.24, 2.45) is 16.6 Å². The van der Waals surface area contributed by atoms with E-state index in [1.54, 1.807) is 17.8 Å². The predicted octanol–water partition coefficient (Wildman–Crippen LogP) is 3.65. The summed E-state index contributed by atoms with van der Waals surface area (Å²) in [6.45, 7) is 0. The maximum absolute atomic E-state index is 14.2. The summed E-state index contributed by atoms with van der Waals surface area (Å²) in [7, 11) is 0. The van der Waals surface area contributed by atoms with Crippen molar-refractivity contribution < 1.29 is 4.39 Å². The molecule has 1 aliphatic heterocycles. The largest absolute Gasteiger partial charge is 0.379 e. The molecule has 2 aliphatic rings. The first-order valence-electron chi connectivity index (χ1n) is 6.05. The number of nitrogens with zero attached hydrogens (tertiary/aromatic N) is 1. The van der Waals surface area contributed by atoms with Crippen LogP contribution in [0.4, 0.5) is 4.39 Å². The van der Waals surface area contributed by atoms with Crippen LogP contribution in [0.2, 0.25) is 0 Å². The number of amidine groups is 1. The molecule has 0 amide bonds. The first-order chi connectivity index (χ1) is 8.62. The molecule has 1 aromatic carbocycles. The number of hydrogen-bond donors (Lipinski definition) is 1. The van der Waals surface area contributed by atoms with Crippen LogP contribution in [0.1, 0.15) is 24.8 Å². The van der Waals surface area contributed by atoms with E-state index in [4.69, 9.17) is 5.73 Å². The van der Waals surface area contributed by atoms with Crippen molar-refractivity contribution in [2.75, 3.05) is 5.75 Å². The van der Waals surface area contributed by atoms with Gasteiger partial charge in [0.05, 0.1) is 5.54 Å².